The van der Waals surface area contributed by atoms with E-state index in [0.717, 1.165) is 0 Å². The average molecular weight is 470 g/mol. The molecule has 1 aromatic heterocycles. The van der Waals surface area contributed by atoms with E-state index >= 15 is 0 Å². The Kier molecular flexibility index (Phi) is 7.50. The van der Waals surface area contributed by atoms with Crippen molar-refractivity contribution in [2.24, 2.45) is 0 Å². The number of hydrogen-bond donors (Lipinski definition) is 4. The molecule has 0 spiro atoms. The van der Waals surface area contributed by atoms with Gasteiger partial charge in [-0.15, -0.1) is 0 Å². The quantitative estimate of drug-likeness (QED) is 0.349. The first-order valence-electron chi connectivity index (χ1n) is 11.0. The van der Waals surface area contributed by atoms with Gasteiger partial charge in [0.1, 0.15) is 11.9 Å². The maximum atomic E-state index is 13.7. The molecule has 0 fully saturated rings. The van der Waals surface area contributed by atoms with Crippen LogP contribution >= 0.6 is 0 Å². The summed E-state index contributed by atoms with van der Waals surface area (Å²) in [5, 5.41) is 8.12. The van der Waals surface area contributed by atoms with Crippen LogP contribution in [0, 0.1) is 12.7 Å². The number of likely N-dealkylation sites (N-methyl/N-ethyl adjacent to an activating group) is 1. The molecule has 1 aliphatic rings. The molecule has 0 saturated carbocycles. The van der Waals surface area contributed by atoms with Gasteiger partial charge in [-0.05, 0) is 43.7 Å². The lowest BCUT2D eigenvalue weighted by Gasteiger charge is -2.23. The van der Waals surface area contributed by atoms with Crippen molar-refractivity contribution in [3.8, 4) is 0 Å². The van der Waals surface area contributed by atoms with Gasteiger partial charge in [-0.3, -0.25) is 19.2 Å². The molecule has 3 rings (SSSR count). The minimum atomic E-state index is -0.614. The number of nitrogens with one attached hydrogen (secondary N) is 4. The van der Waals surface area contributed by atoms with Crippen molar-refractivity contribution in [3.63, 3.8) is 0 Å². The Hall–Kier alpha value is -3.95. The predicted octanol–water partition coefficient (Wildman–Crippen LogP) is 2.06. The largest absolute Gasteiger partial charge is 0.361 e. The molecule has 1 aromatic carbocycles. The fourth-order valence-electron chi connectivity index (χ4n) is 3.59. The van der Waals surface area contributed by atoms with Gasteiger partial charge in [0.15, 0.2) is 0 Å². The van der Waals surface area contributed by atoms with E-state index in [0.29, 0.717) is 40.1 Å². The number of rotatable bonds is 8. The first kappa shape index (κ1) is 24.7. The third-order valence-electron chi connectivity index (χ3n) is 5.84. The second kappa shape index (κ2) is 10.3. The van der Waals surface area contributed by atoms with Gasteiger partial charge in [0, 0.05) is 49.7 Å². The summed E-state index contributed by atoms with van der Waals surface area (Å²) < 4.78 is 13.7. The summed E-state index contributed by atoms with van der Waals surface area (Å²) >= 11 is 0. The molecule has 1 atom stereocenters. The third-order valence-corrected chi connectivity index (χ3v) is 5.84. The molecule has 10 heteroatoms. The fraction of sp³-hybridized carbons (Fsp3) is 0.333. The molecule has 2 heterocycles. The summed E-state index contributed by atoms with van der Waals surface area (Å²) in [7, 11) is 1.57. The minimum Gasteiger partial charge on any atom is -0.361 e. The van der Waals surface area contributed by atoms with Crippen molar-refractivity contribution >= 4 is 41.0 Å². The SMILES string of the molecule is CCC(=O)N(C)C(C)C(=O)NCCNC(=O)c1c[nH]c(C=C2C(=O)Nc3ccc(F)cc32)c1C. The van der Waals surface area contributed by atoms with Gasteiger partial charge in [-0.1, -0.05) is 6.92 Å². The molecule has 4 amide bonds. The third kappa shape index (κ3) is 5.16. The lowest BCUT2D eigenvalue weighted by molar-refractivity contribution is -0.138. The van der Waals surface area contributed by atoms with Crippen LogP contribution in [-0.2, 0) is 14.4 Å². The molecule has 2 aromatic rings. The van der Waals surface area contributed by atoms with Crippen LogP contribution in [0.5, 0.6) is 0 Å². The van der Waals surface area contributed by atoms with E-state index in [9.17, 15) is 23.6 Å². The van der Waals surface area contributed by atoms with E-state index in [4.69, 9.17) is 0 Å². The number of benzene rings is 1. The molecule has 180 valence electrons. The van der Waals surface area contributed by atoms with Crippen LogP contribution in [0.3, 0.4) is 0 Å². The number of amides is 4. The van der Waals surface area contributed by atoms with E-state index in [1.807, 2.05) is 0 Å². The number of nitrogens with zero attached hydrogens (tertiary/aromatic N) is 1. The molecule has 9 nitrogen and oxygen atoms in total. The van der Waals surface area contributed by atoms with Crippen LogP contribution in [0.2, 0.25) is 0 Å². The Morgan fingerprint density at radius 1 is 1.21 bits per heavy atom. The average Bonchev–Trinajstić information content (AvgIpc) is 3.34. The van der Waals surface area contributed by atoms with Crippen molar-refractivity contribution in [1.82, 2.24) is 20.5 Å². The number of halogens is 1. The molecule has 0 radical (unpaired) electrons. The van der Waals surface area contributed by atoms with Crippen molar-refractivity contribution < 1.29 is 23.6 Å². The number of aromatic amines is 1. The monoisotopic (exact) mass is 469 g/mol. The number of aromatic nitrogens is 1. The van der Waals surface area contributed by atoms with E-state index in [1.165, 1.54) is 29.3 Å². The highest BCUT2D eigenvalue weighted by Crippen LogP contribution is 2.34. The van der Waals surface area contributed by atoms with Gasteiger partial charge >= 0.3 is 0 Å². The summed E-state index contributed by atoms with van der Waals surface area (Å²) in [6.07, 6.45) is 3.43. The number of anilines is 1. The minimum absolute atomic E-state index is 0.131. The topological polar surface area (TPSA) is 123 Å². The second-order valence-corrected chi connectivity index (χ2v) is 8.02. The smallest absolute Gasteiger partial charge is 0.256 e. The van der Waals surface area contributed by atoms with Crippen LogP contribution in [0.1, 0.15) is 47.4 Å². The highest BCUT2D eigenvalue weighted by molar-refractivity contribution is 6.34. The predicted molar refractivity (Wildman–Crippen MR) is 126 cm³/mol. The summed E-state index contributed by atoms with van der Waals surface area (Å²) in [6, 6.07) is 3.45. The Labute approximate surface area is 196 Å². The van der Waals surface area contributed by atoms with Crippen molar-refractivity contribution in [2.75, 3.05) is 25.5 Å². The van der Waals surface area contributed by atoms with Gasteiger partial charge in [0.25, 0.3) is 11.8 Å². The van der Waals surface area contributed by atoms with Crippen LogP contribution in [-0.4, -0.2) is 59.7 Å². The maximum Gasteiger partial charge on any atom is 0.256 e. The first-order chi connectivity index (χ1) is 16.1. The van der Waals surface area contributed by atoms with E-state index in [2.05, 4.69) is 20.9 Å². The maximum absolute atomic E-state index is 13.7. The van der Waals surface area contributed by atoms with E-state index in [1.54, 1.807) is 33.9 Å². The highest BCUT2D eigenvalue weighted by atomic mass is 19.1. The number of carbonyl (C=O) groups is 4. The summed E-state index contributed by atoms with van der Waals surface area (Å²) in [6.45, 7) is 5.50. The summed E-state index contributed by atoms with van der Waals surface area (Å²) in [4.78, 5) is 53.2. The highest BCUT2D eigenvalue weighted by Gasteiger charge is 2.25. The summed E-state index contributed by atoms with van der Waals surface area (Å²) in [5.74, 6) is -1.59. The molecular weight excluding hydrogens is 441 g/mol. The number of fused-ring (bicyclic) bond motifs is 1. The molecule has 0 bridgehead atoms. The zero-order valence-corrected chi connectivity index (χ0v) is 19.5. The second-order valence-electron chi connectivity index (χ2n) is 8.02. The number of H-pyrrole nitrogens is 1. The Morgan fingerprint density at radius 2 is 1.91 bits per heavy atom. The van der Waals surface area contributed by atoms with E-state index < -0.39 is 11.9 Å². The van der Waals surface area contributed by atoms with Crippen LogP contribution in [0.25, 0.3) is 11.6 Å². The van der Waals surface area contributed by atoms with Crippen LogP contribution < -0.4 is 16.0 Å². The van der Waals surface area contributed by atoms with Crippen LogP contribution in [0.4, 0.5) is 10.1 Å². The molecule has 0 aliphatic carbocycles. The molecule has 1 unspecified atom stereocenters. The summed E-state index contributed by atoms with van der Waals surface area (Å²) in [5.41, 5.74) is 2.85. The van der Waals surface area contributed by atoms with Crippen molar-refractivity contribution in [2.45, 2.75) is 33.2 Å². The first-order valence-corrected chi connectivity index (χ1v) is 11.0. The Balaban J connectivity index is 1.59. The molecule has 34 heavy (non-hydrogen) atoms. The lowest BCUT2D eigenvalue weighted by atomic mass is 10.0. The van der Waals surface area contributed by atoms with Gasteiger partial charge in [0.05, 0.1) is 11.1 Å². The zero-order valence-electron chi connectivity index (χ0n) is 19.5. The number of hydrogen-bond acceptors (Lipinski definition) is 4. The fourth-order valence-corrected chi connectivity index (χ4v) is 3.59. The lowest BCUT2D eigenvalue weighted by Crippen LogP contribution is -2.47. The Morgan fingerprint density at radius 3 is 2.62 bits per heavy atom. The van der Waals surface area contributed by atoms with Crippen molar-refractivity contribution in [3.05, 3.63) is 52.6 Å². The Bertz CT molecular complexity index is 1170. The van der Waals surface area contributed by atoms with Crippen molar-refractivity contribution in [1.29, 1.82) is 0 Å². The molecule has 0 saturated heterocycles. The van der Waals surface area contributed by atoms with Crippen LogP contribution in [0.15, 0.2) is 24.4 Å². The van der Waals surface area contributed by atoms with E-state index in [-0.39, 0.29) is 36.7 Å². The van der Waals surface area contributed by atoms with Gasteiger partial charge in [0.2, 0.25) is 11.8 Å². The van der Waals surface area contributed by atoms with Gasteiger partial charge in [-0.2, -0.15) is 0 Å². The normalized spacial score (nSPS) is 14.4. The van der Waals surface area contributed by atoms with Gasteiger partial charge < -0.3 is 25.8 Å². The molecule has 4 N–H and O–H groups in total. The number of carbonyl (C=O) groups excluding carboxylic acids is 4. The van der Waals surface area contributed by atoms with Gasteiger partial charge in [-0.25, -0.2) is 4.39 Å². The molecule has 1 aliphatic heterocycles. The standard InChI is InChI=1S/C24H28FN5O4/c1-5-21(31)30(4)14(3)22(32)26-8-9-27-23(33)18-12-28-20(13(18)2)11-17-16-10-15(25)6-7-19(16)29-24(17)34/h6-7,10-12,14,28H,5,8-9H2,1-4H3,(H,26,32)(H,27,33)(H,29,34). The zero-order chi connectivity index (χ0) is 25.0. The molecular formula is C24H28FN5O4.